The van der Waals surface area contributed by atoms with Gasteiger partial charge in [0.2, 0.25) is 0 Å². The third-order valence-corrected chi connectivity index (χ3v) is 5.82. The Morgan fingerprint density at radius 3 is 2.58 bits per heavy atom. The number of fused-ring (bicyclic) bond motifs is 1. The SMILES string of the molecule is O=C(Nc1nc2c(s1)C(=O)CC(c1ccccc1)C2)c1ccccc1Cl. The van der Waals surface area contributed by atoms with E-state index in [1.807, 2.05) is 30.3 Å². The predicted octanol–water partition coefficient (Wildman–Crippen LogP) is 4.96. The molecule has 0 saturated carbocycles. The van der Waals surface area contributed by atoms with Crippen molar-refractivity contribution in [1.29, 1.82) is 0 Å². The maximum atomic E-state index is 12.5. The van der Waals surface area contributed by atoms with E-state index in [0.717, 1.165) is 11.3 Å². The maximum Gasteiger partial charge on any atom is 0.258 e. The monoisotopic (exact) mass is 382 g/mol. The molecule has 2 aromatic carbocycles. The first-order valence-corrected chi connectivity index (χ1v) is 9.45. The molecule has 4 rings (SSSR count). The Bertz CT molecular complexity index is 984. The molecule has 0 saturated heterocycles. The van der Waals surface area contributed by atoms with Gasteiger partial charge in [0.25, 0.3) is 5.91 Å². The molecule has 130 valence electrons. The number of nitrogens with one attached hydrogen (secondary N) is 1. The number of halogens is 1. The first kappa shape index (κ1) is 16.9. The number of hydrogen-bond donors (Lipinski definition) is 1. The number of ketones is 1. The van der Waals surface area contributed by atoms with Crippen LogP contribution in [0, 0.1) is 0 Å². The van der Waals surface area contributed by atoms with Crippen molar-refractivity contribution in [3.63, 3.8) is 0 Å². The molecule has 1 N–H and O–H groups in total. The third kappa shape index (κ3) is 3.28. The van der Waals surface area contributed by atoms with Gasteiger partial charge in [-0.05, 0) is 30.0 Å². The molecule has 4 nitrogen and oxygen atoms in total. The summed E-state index contributed by atoms with van der Waals surface area (Å²) >= 11 is 7.30. The third-order valence-electron chi connectivity index (χ3n) is 4.43. The minimum absolute atomic E-state index is 0.0795. The van der Waals surface area contributed by atoms with E-state index in [1.165, 1.54) is 11.3 Å². The summed E-state index contributed by atoms with van der Waals surface area (Å²) < 4.78 is 0. The lowest BCUT2D eigenvalue weighted by Crippen LogP contribution is -2.17. The molecule has 26 heavy (non-hydrogen) atoms. The summed E-state index contributed by atoms with van der Waals surface area (Å²) in [6, 6.07) is 16.8. The highest BCUT2D eigenvalue weighted by Gasteiger charge is 2.30. The van der Waals surface area contributed by atoms with Crippen molar-refractivity contribution in [2.24, 2.45) is 0 Å². The summed E-state index contributed by atoms with van der Waals surface area (Å²) in [5, 5.41) is 3.58. The lowest BCUT2D eigenvalue weighted by molar-refractivity contribution is 0.0967. The molecule has 1 aromatic heterocycles. The Balaban J connectivity index is 1.56. The van der Waals surface area contributed by atoms with Gasteiger partial charge < -0.3 is 0 Å². The lowest BCUT2D eigenvalue weighted by atomic mass is 9.85. The van der Waals surface area contributed by atoms with Crippen LogP contribution in [0.15, 0.2) is 54.6 Å². The molecule has 3 aromatic rings. The van der Waals surface area contributed by atoms with Crippen LogP contribution in [0.2, 0.25) is 5.02 Å². The van der Waals surface area contributed by atoms with Gasteiger partial charge in [-0.3, -0.25) is 14.9 Å². The van der Waals surface area contributed by atoms with Gasteiger partial charge in [-0.15, -0.1) is 0 Å². The molecule has 1 unspecified atom stereocenters. The van der Waals surface area contributed by atoms with Crippen LogP contribution in [-0.2, 0) is 6.42 Å². The largest absolute Gasteiger partial charge is 0.298 e. The van der Waals surface area contributed by atoms with Gasteiger partial charge in [0.05, 0.1) is 21.2 Å². The van der Waals surface area contributed by atoms with Gasteiger partial charge in [-0.25, -0.2) is 4.98 Å². The Labute approximate surface area is 159 Å². The molecule has 6 heteroatoms. The van der Waals surface area contributed by atoms with E-state index in [9.17, 15) is 9.59 Å². The summed E-state index contributed by atoms with van der Waals surface area (Å²) in [6.07, 6.45) is 1.17. The second kappa shape index (κ2) is 7.02. The van der Waals surface area contributed by atoms with E-state index in [4.69, 9.17) is 11.6 Å². The van der Waals surface area contributed by atoms with Gasteiger partial charge in [0.1, 0.15) is 0 Å². The molecule has 0 bridgehead atoms. The number of amides is 1. The quantitative estimate of drug-likeness (QED) is 0.696. The zero-order valence-electron chi connectivity index (χ0n) is 13.7. The Kier molecular flexibility index (Phi) is 4.57. The number of carbonyl (C=O) groups excluding carboxylic acids is 2. The first-order chi connectivity index (χ1) is 12.6. The van der Waals surface area contributed by atoms with Crippen molar-refractivity contribution in [2.45, 2.75) is 18.8 Å². The molecule has 1 aliphatic carbocycles. The average molecular weight is 383 g/mol. The topological polar surface area (TPSA) is 59.1 Å². The van der Waals surface area contributed by atoms with Crippen LogP contribution in [0.5, 0.6) is 0 Å². The van der Waals surface area contributed by atoms with Gasteiger partial charge in [-0.1, -0.05) is 65.4 Å². The van der Waals surface area contributed by atoms with E-state index < -0.39 is 0 Å². The van der Waals surface area contributed by atoms with Crippen molar-refractivity contribution in [1.82, 2.24) is 4.98 Å². The minimum Gasteiger partial charge on any atom is -0.298 e. The van der Waals surface area contributed by atoms with Gasteiger partial charge in [0.15, 0.2) is 10.9 Å². The number of nitrogens with zero attached hydrogens (tertiary/aromatic N) is 1. The number of thiazole rings is 1. The normalized spacial score (nSPS) is 16.2. The summed E-state index contributed by atoms with van der Waals surface area (Å²) in [4.78, 5) is 30.1. The molecular weight excluding hydrogens is 368 g/mol. The molecule has 0 radical (unpaired) electrons. The van der Waals surface area contributed by atoms with E-state index in [2.05, 4.69) is 10.3 Å². The number of anilines is 1. The second-order valence-corrected chi connectivity index (χ2v) is 7.57. The zero-order valence-corrected chi connectivity index (χ0v) is 15.3. The Morgan fingerprint density at radius 2 is 1.81 bits per heavy atom. The van der Waals surface area contributed by atoms with Gasteiger partial charge in [-0.2, -0.15) is 0 Å². The zero-order chi connectivity index (χ0) is 18.1. The highest BCUT2D eigenvalue weighted by atomic mass is 35.5. The maximum absolute atomic E-state index is 12.5. The molecule has 1 atom stereocenters. The predicted molar refractivity (Wildman–Crippen MR) is 103 cm³/mol. The summed E-state index contributed by atoms with van der Waals surface area (Å²) in [5.41, 5.74) is 2.28. The van der Waals surface area contributed by atoms with Crippen molar-refractivity contribution < 1.29 is 9.59 Å². The molecule has 1 amide bonds. The average Bonchev–Trinajstić information content (AvgIpc) is 3.06. The molecule has 0 fully saturated rings. The first-order valence-electron chi connectivity index (χ1n) is 8.25. The minimum atomic E-state index is -0.325. The van der Waals surface area contributed by atoms with Crippen molar-refractivity contribution in [3.05, 3.63) is 81.3 Å². The smallest absolute Gasteiger partial charge is 0.258 e. The number of Topliss-reactive ketones (excluding diaryl/α,β-unsaturated/α-hetero) is 1. The van der Waals surface area contributed by atoms with Crippen LogP contribution >= 0.6 is 22.9 Å². The summed E-state index contributed by atoms with van der Waals surface area (Å²) in [5.74, 6) is -0.116. The van der Waals surface area contributed by atoms with Crippen molar-refractivity contribution in [2.75, 3.05) is 5.32 Å². The van der Waals surface area contributed by atoms with Gasteiger partial charge >= 0.3 is 0 Å². The van der Waals surface area contributed by atoms with Crippen LogP contribution in [0.25, 0.3) is 0 Å². The van der Waals surface area contributed by atoms with Crippen molar-refractivity contribution >= 4 is 39.8 Å². The van der Waals surface area contributed by atoms with Crippen LogP contribution in [0.3, 0.4) is 0 Å². The van der Waals surface area contributed by atoms with Crippen LogP contribution in [0.1, 0.15) is 43.6 Å². The van der Waals surface area contributed by atoms with Crippen molar-refractivity contribution in [3.8, 4) is 0 Å². The number of aromatic nitrogens is 1. The standard InChI is InChI=1S/C20H15ClN2O2S/c21-15-9-5-4-8-14(15)19(25)23-20-22-16-10-13(11-17(24)18(16)26-20)12-6-2-1-3-7-12/h1-9,13H,10-11H2,(H,22,23,25). The Hall–Kier alpha value is -2.50. The van der Waals surface area contributed by atoms with E-state index in [1.54, 1.807) is 24.3 Å². The van der Waals surface area contributed by atoms with E-state index in [-0.39, 0.29) is 17.6 Å². The fraction of sp³-hybridized carbons (Fsp3) is 0.150. The van der Waals surface area contributed by atoms with Crippen LogP contribution in [-0.4, -0.2) is 16.7 Å². The fourth-order valence-electron chi connectivity index (χ4n) is 3.15. The number of carbonyl (C=O) groups is 2. The lowest BCUT2D eigenvalue weighted by Gasteiger charge is -2.20. The highest BCUT2D eigenvalue weighted by molar-refractivity contribution is 7.17. The van der Waals surface area contributed by atoms with E-state index in [0.29, 0.717) is 33.4 Å². The molecule has 1 aliphatic rings. The van der Waals surface area contributed by atoms with Crippen LogP contribution < -0.4 is 5.32 Å². The number of hydrogen-bond acceptors (Lipinski definition) is 4. The van der Waals surface area contributed by atoms with Crippen LogP contribution in [0.4, 0.5) is 5.13 Å². The number of benzene rings is 2. The molecule has 1 heterocycles. The summed E-state index contributed by atoms with van der Waals surface area (Å²) in [7, 11) is 0. The second-order valence-electron chi connectivity index (χ2n) is 6.17. The molecule has 0 aliphatic heterocycles. The summed E-state index contributed by atoms with van der Waals surface area (Å²) in [6.45, 7) is 0. The molecular formula is C20H15ClN2O2S. The van der Waals surface area contributed by atoms with Gasteiger partial charge in [0, 0.05) is 6.42 Å². The molecule has 0 spiro atoms. The van der Waals surface area contributed by atoms with E-state index >= 15 is 0 Å². The Morgan fingerprint density at radius 1 is 1.08 bits per heavy atom. The fourth-order valence-corrected chi connectivity index (χ4v) is 4.31. The highest BCUT2D eigenvalue weighted by Crippen LogP contribution is 2.36. The number of rotatable bonds is 3.